The maximum atomic E-state index is 11.5. The average Bonchev–Trinajstić information content (AvgIpc) is 2.81. The number of amides is 1. The van der Waals surface area contributed by atoms with Crippen molar-refractivity contribution in [1.29, 1.82) is 0 Å². The monoisotopic (exact) mass is 312 g/mol. The van der Waals surface area contributed by atoms with E-state index >= 15 is 0 Å². The molecule has 0 spiro atoms. The molecule has 2 aromatic rings. The van der Waals surface area contributed by atoms with Gasteiger partial charge in [0.2, 0.25) is 0 Å². The first-order valence-corrected chi connectivity index (χ1v) is 6.49. The highest BCUT2D eigenvalue weighted by Crippen LogP contribution is 2.16. The number of nitrogens with zero attached hydrogens (tertiary/aromatic N) is 1. The average molecular weight is 313 g/mol. The molecule has 88 valence electrons. The van der Waals surface area contributed by atoms with Crippen LogP contribution in [0.3, 0.4) is 0 Å². The maximum Gasteiger partial charge on any atom is 0.264 e. The number of anilines is 1. The van der Waals surface area contributed by atoms with Gasteiger partial charge in [0.05, 0.1) is 0 Å². The van der Waals surface area contributed by atoms with E-state index in [0.717, 1.165) is 4.47 Å². The van der Waals surface area contributed by atoms with Crippen LogP contribution in [0.25, 0.3) is 0 Å². The topological polar surface area (TPSA) is 51.2 Å². The summed E-state index contributed by atoms with van der Waals surface area (Å²) in [4.78, 5) is 15.4. The standard InChI is InChI=1S/C11H9BrN2O2S/c12-8-1-3-9(4-2-8)16-7-10(15)14-11-13-5-6-17-11/h1-6H,7H2,(H,13,14,15). The van der Waals surface area contributed by atoms with Crippen LogP contribution < -0.4 is 10.1 Å². The minimum atomic E-state index is -0.220. The fourth-order valence-electron chi connectivity index (χ4n) is 1.12. The van der Waals surface area contributed by atoms with Crippen LogP contribution in [0, 0.1) is 0 Å². The molecular weight excluding hydrogens is 304 g/mol. The lowest BCUT2D eigenvalue weighted by Gasteiger charge is -2.05. The van der Waals surface area contributed by atoms with Gasteiger partial charge in [0.25, 0.3) is 5.91 Å². The van der Waals surface area contributed by atoms with Gasteiger partial charge < -0.3 is 4.74 Å². The molecule has 1 N–H and O–H groups in total. The first kappa shape index (κ1) is 12.1. The van der Waals surface area contributed by atoms with Crippen LogP contribution in [0.1, 0.15) is 0 Å². The Morgan fingerprint density at radius 3 is 2.82 bits per heavy atom. The van der Waals surface area contributed by atoms with Gasteiger partial charge >= 0.3 is 0 Å². The number of carbonyl (C=O) groups excluding carboxylic acids is 1. The van der Waals surface area contributed by atoms with Crippen molar-refractivity contribution < 1.29 is 9.53 Å². The molecule has 2 rings (SSSR count). The first-order chi connectivity index (χ1) is 8.24. The molecule has 1 amide bonds. The van der Waals surface area contributed by atoms with Crippen molar-refractivity contribution >= 4 is 38.3 Å². The molecule has 6 heteroatoms. The normalized spacial score (nSPS) is 9.94. The van der Waals surface area contributed by atoms with Gasteiger partial charge in [0.1, 0.15) is 5.75 Å². The van der Waals surface area contributed by atoms with E-state index in [0.29, 0.717) is 10.9 Å². The van der Waals surface area contributed by atoms with Gasteiger partial charge in [-0.05, 0) is 24.3 Å². The van der Waals surface area contributed by atoms with E-state index in [9.17, 15) is 4.79 Å². The molecule has 1 heterocycles. The molecule has 0 aliphatic rings. The second kappa shape index (κ2) is 5.79. The predicted octanol–water partition coefficient (Wildman–Crippen LogP) is 2.92. The summed E-state index contributed by atoms with van der Waals surface area (Å²) in [5, 5.41) is 5.01. The van der Waals surface area contributed by atoms with Crippen LogP contribution in [0.4, 0.5) is 5.13 Å². The third-order valence-corrected chi connectivity index (χ3v) is 3.08. The van der Waals surface area contributed by atoms with Crippen LogP contribution in [-0.2, 0) is 4.79 Å². The molecular formula is C11H9BrN2O2S. The van der Waals surface area contributed by atoms with Crippen molar-refractivity contribution in [3.05, 3.63) is 40.3 Å². The molecule has 1 aromatic carbocycles. The molecule has 1 aromatic heterocycles. The van der Waals surface area contributed by atoms with Crippen LogP contribution in [0.2, 0.25) is 0 Å². The van der Waals surface area contributed by atoms with E-state index in [2.05, 4.69) is 26.2 Å². The minimum Gasteiger partial charge on any atom is -0.484 e. The molecule has 0 aliphatic carbocycles. The van der Waals surface area contributed by atoms with Crippen molar-refractivity contribution in [3.63, 3.8) is 0 Å². The van der Waals surface area contributed by atoms with Crippen molar-refractivity contribution in [2.75, 3.05) is 11.9 Å². The predicted molar refractivity (Wildman–Crippen MR) is 70.4 cm³/mol. The third kappa shape index (κ3) is 3.83. The fourth-order valence-corrected chi connectivity index (χ4v) is 1.93. The highest BCUT2D eigenvalue weighted by Gasteiger charge is 2.04. The van der Waals surface area contributed by atoms with Gasteiger partial charge in [0, 0.05) is 16.0 Å². The number of thiazole rings is 1. The number of ether oxygens (including phenoxy) is 1. The molecule has 0 aliphatic heterocycles. The largest absolute Gasteiger partial charge is 0.484 e. The molecule has 0 unspecified atom stereocenters. The van der Waals surface area contributed by atoms with Crippen LogP contribution in [0.5, 0.6) is 5.75 Å². The molecule has 0 bridgehead atoms. The lowest BCUT2D eigenvalue weighted by atomic mass is 10.3. The Hall–Kier alpha value is -1.40. The van der Waals surface area contributed by atoms with E-state index in [1.54, 1.807) is 23.7 Å². The number of halogens is 1. The zero-order valence-corrected chi connectivity index (χ0v) is 11.1. The number of carbonyl (C=O) groups is 1. The van der Waals surface area contributed by atoms with Crippen LogP contribution in [-0.4, -0.2) is 17.5 Å². The number of hydrogen-bond donors (Lipinski definition) is 1. The molecule has 0 saturated carbocycles. The Morgan fingerprint density at radius 1 is 1.41 bits per heavy atom. The van der Waals surface area contributed by atoms with E-state index < -0.39 is 0 Å². The molecule has 0 fully saturated rings. The van der Waals surface area contributed by atoms with E-state index in [1.165, 1.54) is 11.3 Å². The summed E-state index contributed by atoms with van der Waals surface area (Å²) in [6, 6.07) is 7.30. The Bertz CT molecular complexity index is 485. The molecule has 0 saturated heterocycles. The lowest BCUT2D eigenvalue weighted by molar-refractivity contribution is -0.118. The summed E-state index contributed by atoms with van der Waals surface area (Å²) in [6.45, 7) is -0.0266. The molecule has 17 heavy (non-hydrogen) atoms. The van der Waals surface area contributed by atoms with E-state index in [4.69, 9.17) is 4.74 Å². The Balaban J connectivity index is 1.82. The van der Waals surface area contributed by atoms with Gasteiger partial charge in [-0.25, -0.2) is 4.98 Å². The first-order valence-electron chi connectivity index (χ1n) is 4.82. The number of aromatic nitrogens is 1. The zero-order chi connectivity index (χ0) is 12.1. The molecule has 0 atom stereocenters. The summed E-state index contributed by atoms with van der Waals surface area (Å²) in [5.74, 6) is 0.436. The minimum absolute atomic E-state index is 0.0266. The smallest absolute Gasteiger partial charge is 0.264 e. The van der Waals surface area contributed by atoms with Crippen molar-refractivity contribution in [1.82, 2.24) is 4.98 Å². The summed E-state index contributed by atoms with van der Waals surface area (Å²) in [7, 11) is 0. The van der Waals surface area contributed by atoms with Crippen molar-refractivity contribution in [2.45, 2.75) is 0 Å². The second-order valence-electron chi connectivity index (χ2n) is 3.13. The summed E-state index contributed by atoms with van der Waals surface area (Å²) in [6.07, 6.45) is 1.63. The summed E-state index contributed by atoms with van der Waals surface area (Å²) < 4.78 is 6.29. The van der Waals surface area contributed by atoms with Gasteiger partial charge in [-0.1, -0.05) is 15.9 Å². The fraction of sp³-hybridized carbons (Fsp3) is 0.0909. The highest BCUT2D eigenvalue weighted by molar-refractivity contribution is 9.10. The SMILES string of the molecule is O=C(COc1ccc(Br)cc1)Nc1nccs1. The Kier molecular flexibility index (Phi) is 4.11. The van der Waals surface area contributed by atoms with Gasteiger partial charge in [-0.15, -0.1) is 11.3 Å². The van der Waals surface area contributed by atoms with E-state index in [1.807, 2.05) is 12.1 Å². The maximum absolute atomic E-state index is 11.5. The Morgan fingerprint density at radius 2 is 2.18 bits per heavy atom. The summed E-state index contributed by atoms with van der Waals surface area (Å²) in [5.41, 5.74) is 0. The second-order valence-corrected chi connectivity index (χ2v) is 4.94. The number of hydrogen-bond acceptors (Lipinski definition) is 4. The van der Waals surface area contributed by atoms with Gasteiger partial charge in [-0.2, -0.15) is 0 Å². The number of nitrogens with one attached hydrogen (secondary N) is 1. The zero-order valence-electron chi connectivity index (χ0n) is 8.72. The number of benzene rings is 1. The highest BCUT2D eigenvalue weighted by atomic mass is 79.9. The quantitative estimate of drug-likeness (QED) is 0.944. The lowest BCUT2D eigenvalue weighted by Crippen LogP contribution is -2.19. The van der Waals surface area contributed by atoms with Gasteiger partial charge in [0.15, 0.2) is 11.7 Å². The van der Waals surface area contributed by atoms with E-state index in [-0.39, 0.29) is 12.5 Å². The number of rotatable bonds is 4. The third-order valence-electron chi connectivity index (χ3n) is 1.86. The van der Waals surface area contributed by atoms with Gasteiger partial charge in [-0.3, -0.25) is 10.1 Å². The van der Waals surface area contributed by atoms with Crippen LogP contribution >= 0.6 is 27.3 Å². The molecule has 0 radical (unpaired) electrons. The Labute approximate surface area is 111 Å². The van der Waals surface area contributed by atoms with Crippen molar-refractivity contribution in [2.24, 2.45) is 0 Å². The summed E-state index contributed by atoms with van der Waals surface area (Å²) >= 11 is 4.69. The van der Waals surface area contributed by atoms with Crippen LogP contribution in [0.15, 0.2) is 40.3 Å². The van der Waals surface area contributed by atoms with Crippen molar-refractivity contribution in [3.8, 4) is 5.75 Å². The molecule has 4 nitrogen and oxygen atoms in total.